The van der Waals surface area contributed by atoms with Crippen LogP contribution in [0.1, 0.15) is 44.9 Å². The van der Waals surface area contributed by atoms with Crippen LogP contribution in [0.5, 0.6) is 0 Å². The van der Waals surface area contributed by atoms with Gasteiger partial charge in [-0.15, -0.1) is 0 Å². The maximum Gasteiger partial charge on any atom is 0.251 e. The molecule has 0 radical (unpaired) electrons. The highest BCUT2D eigenvalue weighted by Crippen LogP contribution is 2.33. The summed E-state index contributed by atoms with van der Waals surface area (Å²) in [4.78, 5) is 20.3. The zero-order valence-electron chi connectivity index (χ0n) is 16.6. The zero-order chi connectivity index (χ0) is 19.4. The molecule has 0 bridgehead atoms. The van der Waals surface area contributed by atoms with Crippen molar-refractivity contribution in [2.75, 3.05) is 6.61 Å². The van der Waals surface area contributed by atoms with Gasteiger partial charge in [0.05, 0.1) is 12.6 Å². The summed E-state index contributed by atoms with van der Waals surface area (Å²) in [7, 11) is 0. The molecule has 1 aliphatic rings. The first-order valence-electron chi connectivity index (χ1n) is 9.60. The first-order chi connectivity index (χ1) is 13.0. The number of aliphatic imine (C=N–C) groups is 1. The van der Waals surface area contributed by atoms with Gasteiger partial charge in [0.15, 0.2) is 0 Å². The number of benzene rings is 2. The topological polar surface area (TPSA) is 41.9 Å². The van der Waals surface area contributed by atoms with Crippen LogP contribution in [0.25, 0.3) is 0 Å². The fourth-order valence-corrected chi connectivity index (χ4v) is 3.77. The lowest BCUT2D eigenvalue weighted by Gasteiger charge is -2.44. The van der Waals surface area contributed by atoms with Crippen LogP contribution >= 0.6 is 0 Å². The smallest absolute Gasteiger partial charge is 0.251 e. The van der Waals surface area contributed by atoms with Crippen molar-refractivity contribution in [2.24, 2.45) is 4.99 Å². The number of amides is 1. The molecule has 4 heteroatoms. The van der Waals surface area contributed by atoms with Crippen LogP contribution in [0, 0.1) is 0 Å². The SMILES string of the molecule is CCOC1=N[C@@](C)(Cc2ccccc2)C(=O)N([C@@H](C)c2ccccc2)[C@@H]1C. The number of carbonyl (C=O) groups is 1. The molecule has 3 rings (SSSR count). The Morgan fingerprint density at radius 2 is 1.70 bits per heavy atom. The summed E-state index contributed by atoms with van der Waals surface area (Å²) in [6.45, 7) is 8.46. The third-order valence-electron chi connectivity index (χ3n) is 5.21. The lowest BCUT2D eigenvalue weighted by Crippen LogP contribution is -2.58. The number of ether oxygens (including phenoxy) is 1. The van der Waals surface area contributed by atoms with Crippen molar-refractivity contribution in [3.63, 3.8) is 0 Å². The minimum absolute atomic E-state index is 0.0404. The molecule has 0 aliphatic carbocycles. The van der Waals surface area contributed by atoms with E-state index in [-0.39, 0.29) is 18.0 Å². The molecule has 142 valence electrons. The highest BCUT2D eigenvalue weighted by molar-refractivity contribution is 5.98. The average Bonchev–Trinajstić information content (AvgIpc) is 2.68. The number of rotatable bonds is 5. The van der Waals surface area contributed by atoms with Crippen LogP contribution in [0.2, 0.25) is 0 Å². The van der Waals surface area contributed by atoms with Gasteiger partial charge >= 0.3 is 0 Å². The maximum absolute atomic E-state index is 13.6. The summed E-state index contributed by atoms with van der Waals surface area (Å²) < 4.78 is 5.85. The van der Waals surface area contributed by atoms with Crippen LogP contribution in [0.3, 0.4) is 0 Å². The Morgan fingerprint density at radius 1 is 1.11 bits per heavy atom. The molecule has 0 spiro atoms. The van der Waals surface area contributed by atoms with Gasteiger partial charge in [-0.05, 0) is 38.8 Å². The number of nitrogens with zero attached hydrogens (tertiary/aromatic N) is 2. The van der Waals surface area contributed by atoms with Crippen LogP contribution in [0.4, 0.5) is 0 Å². The van der Waals surface area contributed by atoms with Crippen molar-refractivity contribution in [1.82, 2.24) is 4.90 Å². The quantitative estimate of drug-likeness (QED) is 0.788. The predicted molar refractivity (Wildman–Crippen MR) is 109 cm³/mol. The Bertz CT molecular complexity index is 804. The Labute approximate surface area is 161 Å². The summed E-state index contributed by atoms with van der Waals surface area (Å²) in [6, 6.07) is 19.9. The molecule has 4 nitrogen and oxygen atoms in total. The first kappa shape index (κ1) is 19.2. The number of hydrogen-bond donors (Lipinski definition) is 0. The molecule has 2 aromatic rings. The molecule has 0 saturated heterocycles. The van der Waals surface area contributed by atoms with Gasteiger partial charge in [0, 0.05) is 6.42 Å². The van der Waals surface area contributed by atoms with E-state index in [1.54, 1.807) is 0 Å². The third kappa shape index (κ3) is 3.90. The first-order valence-corrected chi connectivity index (χ1v) is 9.60. The van der Waals surface area contributed by atoms with Gasteiger partial charge in [0.1, 0.15) is 11.6 Å². The van der Waals surface area contributed by atoms with Crippen LogP contribution in [-0.2, 0) is 16.0 Å². The minimum atomic E-state index is -0.874. The Balaban J connectivity index is 2.00. The van der Waals surface area contributed by atoms with Gasteiger partial charge in [0.25, 0.3) is 5.91 Å². The van der Waals surface area contributed by atoms with Crippen LogP contribution in [0.15, 0.2) is 65.7 Å². The summed E-state index contributed by atoms with van der Waals surface area (Å²) in [6.07, 6.45) is 0.550. The number of carbonyl (C=O) groups excluding carboxylic acids is 1. The lowest BCUT2D eigenvalue weighted by atomic mass is 9.88. The summed E-state index contributed by atoms with van der Waals surface area (Å²) in [5.41, 5.74) is 1.33. The monoisotopic (exact) mass is 364 g/mol. The predicted octanol–water partition coefficient (Wildman–Crippen LogP) is 4.41. The molecular formula is C23H28N2O2. The molecule has 1 aliphatic heterocycles. The van der Waals surface area contributed by atoms with E-state index < -0.39 is 5.54 Å². The molecule has 0 saturated carbocycles. The fraction of sp³-hybridized carbons (Fsp3) is 0.391. The van der Waals surface area contributed by atoms with E-state index in [1.807, 2.05) is 74.2 Å². The second-order valence-electron chi connectivity index (χ2n) is 7.29. The van der Waals surface area contributed by atoms with E-state index in [4.69, 9.17) is 9.73 Å². The van der Waals surface area contributed by atoms with Gasteiger partial charge in [0.2, 0.25) is 5.90 Å². The highest BCUT2D eigenvalue weighted by atomic mass is 16.5. The second-order valence-corrected chi connectivity index (χ2v) is 7.29. The molecule has 0 unspecified atom stereocenters. The molecule has 1 amide bonds. The molecular weight excluding hydrogens is 336 g/mol. The normalized spacial score (nSPS) is 23.7. The molecule has 0 N–H and O–H groups in total. The Morgan fingerprint density at radius 3 is 2.30 bits per heavy atom. The van der Waals surface area contributed by atoms with Crippen molar-refractivity contribution in [1.29, 1.82) is 0 Å². The van der Waals surface area contributed by atoms with Crippen molar-refractivity contribution >= 4 is 11.8 Å². The molecule has 27 heavy (non-hydrogen) atoms. The van der Waals surface area contributed by atoms with Crippen LogP contribution in [-0.4, -0.2) is 34.9 Å². The minimum Gasteiger partial charge on any atom is -0.480 e. The third-order valence-corrected chi connectivity index (χ3v) is 5.21. The number of hydrogen-bond acceptors (Lipinski definition) is 3. The standard InChI is InChI=1S/C23H28N2O2/c1-5-27-21-18(3)25(17(2)20-14-10-7-11-15-20)22(26)23(4,24-21)16-19-12-8-6-9-13-19/h6-15,17-18H,5,16H2,1-4H3/t17-,18+,23-/m0/s1. The van der Waals surface area contributed by atoms with Gasteiger partial charge in [-0.1, -0.05) is 60.7 Å². The Hall–Kier alpha value is -2.62. The van der Waals surface area contributed by atoms with E-state index in [0.717, 1.165) is 11.1 Å². The molecule has 0 fully saturated rings. The highest BCUT2D eigenvalue weighted by Gasteiger charge is 2.46. The fourth-order valence-electron chi connectivity index (χ4n) is 3.77. The maximum atomic E-state index is 13.6. The van der Waals surface area contributed by atoms with Gasteiger partial charge in [-0.3, -0.25) is 4.79 Å². The van der Waals surface area contributed by atoms with E-state index in [9.17, 15) is 4.79 Å². The van der Waals surface area contributed by atoms with E-state index in [2.05, 4.69) is 19.1 Å². The van der Waals surface area contributed by atoms with E-state index >= 15 is 0 Å². The largest absolute Gasteiger partial charge is 0.480 e. The van der Waals surface area contributed by atoms with Crippen LogP contribution < -0.4 is 0 Å². The van der Waals surface area contributed by atoms with Gasteiger partial charge in [-0.25, -0.2) is 4.99 Å². The van der Waals surface area contributed by atoms with Crippen molar-refractivity contribution < 1.29 is 9.53 Å². The Kier molecular flexibility index (Phi) is 5.64. The average molecular weight is 364 g/mol. The second kappa shape index (κ2) is 7.95. The summed E-state index contributed by atoms with van der Waals surface area (Å²) >= 11 is 0. The molecule has 3 atom stereocenters. The molecule has 2 aromatic carbocycles. The van der Waals surface area contributed by atoms with Crippen molar-refractivity contribution in [3.05, 3.63) is 71.8 Å². The van der Waals surface area contributed by atoms with Crippen molar-refractivity contribution in [2.45, 2.75) is 51.7 Å². The summed E-state index contributed by atoms with van der Waals surface area (Å²) in [5, 5.41) is 0. The van der Waals surface area contributed by atoms with Gasteiger partial charge in [-0.2, -0.15) is 0 Å². The summed E-state index contributed by atoms with van der Waals surface area (Å²) in [5.74, 6) is 0.678. The molecule has 1 heterocycles. The lowest BCUT2D eigenvalue weighted by molar-refractivity contribution is -0.141. The van der Waals surface area contributed by atoms with E-state index in [1.165, 1.54) is 0 Å². The van der Waals surface area contributed by atoms with Gasteiger partial charge < -0.3 is 9.64 Å². The van der Waals surface area contributed by atoms with E-state index in [0.29, 0.717) is 18.9 Å². The zero-order valence-corrected chi connectivity index (χ0v) is 16.6. The van der Waals surface area contributed by atoms with Crippen molar-refractivity contribution in [3.8, 4) is 0 Å². The molecule has 0 aromatic heterocycles.